The Hall–Kier alpha value is -1.98. The molecule has 5 nitrogen and oxygen atoms in total. The van der Waals surface area contributed by atoms with Crippen LogP contribution >= 0.6 is 0 Å². The largest absolute Gasteiger partial charge is 0.354 e. The Balaban J connectivity index is 1.37. The van der Waals surface area contributed by atoms with E-state index in [9.17, 15) is 0 Å². The lowest BCUT2D eigenvalue weighted by Gasteiger charge is -2.36. The molecule has 27 heavy (non-hydrogen) atoms. The monoisotopic (exact) mass is 365 g/mol. The predicted molar refractivity (Wildman–Crippen MR) is 109 cm³/mol. The zero-order valence-corrected chi connectivity index (χ0v) is 16.3. The van der Waals surface area contributed by atoms with E-state index in [1.54, 1.807) is 0 Å². The van der Waals surface area contributed by atoms with E-state index in [0.717, 1.165) is 37.9 Å². The van der Waals surface area contributed by atoms with E-state index in [1.807, 2.05) is 12.4 Å². The van der Waals surface area contributed by atoms with Crippen molar-refractivity contribution in [1.82, 2.24) is 19.8 Å². The van der Waals surface area contributed by atoms with Gasteiger partial charge in [-0.2, -0.15) is 0 Å². The first kappa shape index (κ1) is 18.4. The second kappa shape index (κ2) is 8.81. The minimum Gasteiger partial charge on any atom is -0.354 e. The average Bonchev–Trinajstić information content (AvgIpc) is 2.99. The second-order valence-electron chi connectivity index (χ2n) is 8.05. The molecular formula is C22H31N5. The van der Waals surface area contributed by atoms with Crippen LogP contribution < -0.4 is 5.32 Å². The van der Waals surface area contributed by atoms with E-state index >= 15 is 0 Å². The molecule has 0 spiro atoms. The minimum atomic E-state index is 0.644. The molecule has 2 atom stereocenters. The van der Waals surface area contributed by atoms with Crippen LogP contribution in [-0.2, 0) is 13.1 Å². The van der Waals surface area contributed by atoms with Crippen molar-refractivity contribution >= 4 is 5.95 Å². The number of aromatic nitrogens is 2. The molecule has 1 N–H and O–H groups in total. The summed E-state index contributed by atoms with van der Waals surface area (Å²) in [6.45, 7) is 8.70. The molecule has 144 valence electrons. The summed E-state index contributed by atoms with van der Waals surface area (Å²) in [4.78, 5) is 14.3. The van der Waals surface area contributed by atoms with Crippen LogP contribution in [0.1, 0.15) is 37.3 Å². The zero-order chi connectivity index (χ0) is 18.5. The van der Waals surface area contributed by atoms with Crippen molar-refractivity contribution in [2.75, 3.05) is 31.5 Å². The van der Waals surface area contributed by atoms with Gasteiger partial charge in [-0.05, 0) is 30.7 Å². The standard InChI is InChI=1S/C22H31N5/c1-2-10-23-22-24-11-20(12-25-22)16-27-15-19-8-9-21(27)17-26(14-19)13-18-6-4-3-5-7-18/h3-7,11-12,19,21H,2,8-10,13-17H2,1H3,(H,23,24,25)/t19-,21+/m0/s1. The Kier molecular flexibility index (Phi) is 6.00. The minimum absolute atomic E-state index is 0.644. The number of hydrogen-bond acceptors (Lipinski definition) is 5. The maximum atomic E-state index is 4.48. The molecule has 0 aliphatic carbocycles. The number of nitrogens with one attached hydrogen (secondary N) is 1. The zero-order valence-electron chi connectivity index (χ0n) is 16.3. The van der Waals surface area contributed by atoms with Crippen LogP contribution in [0.2, 0.25) is 0 Å². The average molecular weight is 366 g/mol. The topological polar surface area (TPSA) is 44.3 Å². The van der Waals surface area contributed by atoms with Gasteiger partial charge >= 0.3 is 0 Å². The summed E-state index contributed by atoms with van der Waals surface area (Å²) in [7, 11) is 0. The summed E-state index contributed by atoms with van der Waals surface area (Å²) in [5, 5.41) is 3.25. The number of nitrogens with zero attached hydrogens (tertiary/aromatic N) is 4. The molecule has 4 heterocycles. The molecule has 5 heteroatoms. The molecule has 3 fully saturated rings. The number of hydrogen-bond donors (Lipinski definition) is 1. The fourth-order valence-corrected chi connectivity index (χ4v) is 4.44. The van der Waals surface area contributed by atoms with E-state index in [2.05, 4.69) is 62.3 Å². The first-order chi connectivity index (χ1) is 13.3. The van der Waals surface area contributed by atoms with Crippen molar-refractivity contribution in [3.8, 4) is 0 Å². The van der Waals surface area contributed by atoms with Gasteiger partial charge in [0.05, 0.1) is 0 Å². The third kappa shape index (κ3) is 4.85. The summed E-state index contributed by atoms with van der Waals surface area (Å²) in [6, 6.07) is 11.5. The summed E-state index contributed by atoms with van der Waals surface area (Å²) in [6.07, 6.45) is 7.74. The Morgan fingerprint density at radius 3 is 2.56 bits per heavy atom. The number of benzene rings is 1. The van der Waals surface area contributed by atoms with Gasteiger partial charge < -0.3 is 5.32 Å². The van der Waals surface area contributed by atoms with Crippen LogP contribution in [-0.4, -0.2) is 52.0 Å². The molecule has 3 aliphatic rings. The highest BCUT2D eigenvalue weighted by atomic mass is 15.3. The maximum Gasteiger partial charge on any atom is 0.222 e. The Labute approximate surface area is 162 Å². The van der Waals surface area contributed by atoms with Crippen LogP contribution in [0.4, 0.5) is 5.95 Å². The summed E-state index contributed by atoms with van der Waals surface area (Å²) in [5.41, 5.74) is 2.65. The van der Waals surface area contributed by atoms with Crippen molar-refractivity contribution in [2.24, 2.45) is 5.92 Å². The Bertz CT molecular complexity index is 702. The molecule has 1 aromatic carbocycles. The van der Waals surface area contributed by atoms with Gasteiger partial charge in [0.2, 0.25) is 5.95 Å². The van der Waals surface area contributed by atoms with Crippen LogP contribution in [0.5, 0.6) is 0 Å². The van der Waals surface area contributed by atoms with Crippen molar-refractivity contribution in [3.63, 3.8) is 0 Å². The highest BCUT2D eigenvalue weighted by molar-refractivity contribution is 5.24. The molecule has 1 aromatic heterocycles. The molecule has 2 aromatic rings. The Morgan fingerprint density at radius 2 is 1.78 bits per heavy atom. The number of piperidine rings is 1. The molecule has 5 rings (SSSR count). The van der Waals surface area contributed by atoms with Crippen molar-refractivity contribution in [3.05, 3.63) is 53.9 Å². The molecular weight excluding hydrogens is 334 g/mol. The summed E-state index contributed by atoms with van der Waals surface area (Å²) < 4.78 is 0. The SMILES string of the molecule is CCCNc1ncc(CN2C[C@H]3CC[C@@H]2CN(Cc2ccccc2)C3)cn1. The fraction of sp³-hybridized carbons (Fsp3) is 0.545. The lowest BCUT2D eigenvalue weighted by Crippen LogP contribution is -2.43. The van der Waals surface area contributed by atoms with E-state index in [-0.39, 0.29) is 0 Å². The van der Waals surface area contributed by atoms with Crippen molar-refractivity contribution < 1.29 is 0 Å². The number of rotatable bonds is 7. The van der Waals surface area contributed by atoms with Gasteiger partial charge in [0, 0.05) is 63.3 Å². The fourth-order valence-electron chi connectivity index (χ4n) is 4.44. The third-order valence-electron chi connectivity index (χ3n) is 5.78. The van der Waals surface area contributed by atoms with Crippen LogP contribution in [0, 0.1) is 5.92 Å². The number of anilines is 1. The van der Waals surface area contributed by atoms with Crippen LogP contribution in [0.15, 0.2) is 42.7 Å². The van der Waals surface area contributed by atoms with E-state index in [1.165, 1.54) is 43.6 Å². The highest BCUT2D eigenvalue weighted by Crippen LogP contribution is 2.29. The predicted octanol–water partition coefficient (Wildman–Crippen LogP) is 3.39. The summed E-state index contributed by atoms with van der Waals surface area (Å²) in [5.74, 6) is 1.52. The molecule has 0 unspecified atom stereocenters. The van der Waals surface area contributed by atoms with E-state index in [0.29, 0.717) is 6.04 Å². The first-order valence-electron chi connectivity index (χ1n) is 10.3. The van der Waals surface area contributed by atoms with Gasteiger partial charge in [0.25, 0.3) is 0 Å². The highest BCUT2D eigenvalue weighted by Gasteiger charge is 2.34. The number of fused-ring (bicyclic) bond motifs is 4. The smallest absolute Gasteiger partial charge is 0.222 e. The van der Waals surface area contributed by atoms with Crippen molar-refractivity contribution in [1.29, 1.82) is 0 Å². The molecule has 0 saturated carbocycles. The molecule has 2 bridgehead atoms. The Morgan fingerprint density at radius 1 is 0.963 bits per heavy atom. The van der Waals surface area contributed by atoms with Gasteiger partial charge in [0.15, 0.2) is 0 Å². The summed E-state index contributed by atoms with van der Waals surface area (Å²) >= 11 is 0. The van der Waals surface area contributed by atoms with Gasteiger partial charge in [-0.1, -0.05) is 37.3 Å². The molecule has 3 saturated heterocycles. The third-order valence-corrected chi connectivity index (χ3v) is 5.78. The van der Waals surface area contributed by atoms with Crippen LogP contribution in [0.3, 0.4) is 0 Å². The molecule has 3 aliphatic heterocycles. The van der Waals surface area contributed by atoms with Crippen molar-refractivity contribution in [2.45, 2.75) is 45.3 Å². The van der Waals surface area contributed by atoms with E-state index < -0.39 is 0 Å². The van der Waals surface area contributed by atoms with E-state index in [4.69, 9.17) is 0 Å². The quantitative estimate of drug-likeness (QED) is 0.815. The van der Waals surface area contributed by atoms with Gasteiger partial charge in [-0.15, -0.1) is 0 Å². The normalized spacial score (nSPS) is 23.3. The molecule has 0 radical (unpaired) electrons. The maximum absolute atomic E-state index is 4.48. The second-order valence-corrected chi connectivity index (χ2v) is 8.05. The first-order valence-corrected chi connectivity index (χ1v) is 10.3. The molecule has 0 amide bonds. The lowest BCUT2D eigenvalue weighted by molar-refractivity contribution is 0.123. The van der Waals surface area contributed by atoms with Gasteiger partial charge in [0.1, 0.15) is 0 Å². The van der Waals surface area contributed by atoms with Crippen LogP contribution in [0.25, 0.3) is 0 Å². The van der Waals surface area contributed by atoms with Gasteiger partial charge in [-0.25, -0.2) is 9.97 Å². The van der Waals surface area contributed by atoms with Gasteiger partial charge in [-0.3, -0.25) is 9.80 Å². The lowest BCUT2D eigenvalue weighted by atomic mass is 9.95.